The Hall–Kier alpha value is -1.36. The average Bonchev–Trinajstić information content (AvgIpc) is 2.19. The quantitative estimate of drug-likeness (QED) is 0.591. The van der Waals surface area contributed by atoms with Crippen LogP contribution in [-0.4, -0.2) is 29.1 Å². The molecule has 0 saturated carbocycles. The van der Waals surface area contributed by atoms with Crippen LogP contribution in [-0.2, 0) is 9.59 Å². The Morgan fingerprint density at radius 3 is 2.38 bits per heavy atom. The molecule has 1 amide bonds. The van der Waals surface area contributed by atoms with Crippen LogP contribution in [0.4, 0.5) is 0 Å². The highest BCUT2D eigenvalue weighted by atomic mass is 16.4. The Morgan fingerprint density at radius 1 is 1.50 bits per heavy atom. The fourth-order valence-electron chi connectivity index (χ4n) is 0.949. The topological polar surface area (TPSA) is 92.4 Å². The van der Waals surface area contributed by atoms with Gasteiger partial charge in [0.2, 0.25) is 5.91 Å². The van der Waals surface area contributed by atoms with Crippen molar-refractivity contribution in [2.75, 3.05) is 0 Å². The van der Waals surface area contributed by atoms with E-state index in [4.69, 9.17) is 10.8 Å². The van der Waals surface area contributed by atoms with Gasteiger partial charge in [-0.15, -0.1) is 6.58 Å². The molecule has 0 aromatic carbocycles. The number of amides is 1. The van der Waals surface area contributed by atoms with Crippen LogP contribution in [0.2, 0.25) is 0 Å². The molecular formula is C11H22N2O3. The van der Waals surface area contributed by atoms with Crippen LogP contribution in [0.3, 0.4) is 0 Å². The van der Waals surface area contributed by atoms with Gasteiger partial charge in [-0.05, 0) is 13.3 Å². The van der Waals surface area contributed by atoms with Crippen LogP contribution < -0.4 is 11.1 Å². The predicted molar refractivity (Wildman–Crippen MR) is 64.0 cm³/mol. The van der Waals surface area contributed by atoms with Crippen molar-refractivity contribution in [1.29, 1.82) is 0 Å². The van der Waals surface area contributed by atoms with Crippen molar-refractivity contribution in [2.24, 2.45) is 5.73 Å². The number of nitrogens with two attached hydrogens (primary N) is 1. The summed E-state index contributed by atoms with van der Waals surface area (Å²) in [6, 6.07) is -1.06. The van der Waals surface area contributed by atoms with Gasteiger partial charge in [0.15, 0.2) is 0 Å². The van der Waals surface area contributed by atoms with E-state index in [0.29, 0.717) is 6.42 Å². The number of aliphatic carboxylic acids is 1. The first-order valence-electron chi connectivity index (χ1n) is 5.36. The fourth-order valence-corrected chi connectivity index (χ4v) is 0.949. The Balaban J connectivity index is 0. The summed E-state index contributed by atoms with van der Waals surface area (Å²) in [4.78, 5) is 21.5. The maximum absolute atomic E-state index is 11.2. The highest BCUT2D eigenvalue weighted by Gasteiger charge is 2.15. The van der Waals surface area contributed by atoms with Crippen LogP contribution in [0.25, 0.3) is 0 Å². The average molecular weight is 230 g/mol. The molecule has 0 aliphatic rings. The molecule has 0 aromatic heterocycles. The van der Waals surface area contributed by atoms with Crippen LogP contribution >= 0.6 is 0 Å². The second-order valence-electron chi connectivity index (χ2n) is 3.14. The Kier molecular flexibility index (Phi) is 10.8. The highest BCUT2D eigenvalue weighted by Crippen LogP contribution is 1.94. The molecule has 0 fully saturated rings. The SMILES string of the molecule is C=CCC(N)C(=O)NC(C)CC(=O)O.CC. The van der Waals surface area contributed by atoms with Gasteiger partial charge in [-0.1, -0.05) is 19.9 Å². The predicted octanol–water partition coefficient (Wildman–Crippen LogP) is 0.895. The van der Waals surface area contributed by atoms with Gasteiger partial charge < -0.3 is 16.2 Å². The van der Waals surface area contributed by atoms with Crippen molar-refractivity contribution in [3.05, 3.63) is 12.7 Å². The molecule has 0 heterocycles. The van der Waals surface area contributed by atoms with Gasteiger partial charge in [0.1, 0.15) is 0 Å². The van der Waals surface area contributed by atoms with Crippen LogP contribution in [0.15, 0.2) is 12.7 Å². The number of carboxylic acids is 1. The van der Waals surface area contributed by atoms with Gasteiger partial charge in [-0.3, -0.25) is 9.59 Å². The van der Waals surface area contributed by atoms with E-state index < -0.39 is 18.1 Å². The van der Waals surface area contributed by atoms with Crippen LogP contribution in [0.5, 0.6) is 0 Å². The number of nitrogens with one attached hydrogen (secondary N) is 1. The molecule has 94 valence electrons. The summed E-state index contributed by atoms with van der Waals surface area (Å²) in [7, 11) is 0. The summed E-state index contributed by atoms with van der Waals surface area (Å²) in [5, 5.41) is 10.9. The van der Waals surface area contributed by atoms with Crippen molar-refractivity contribution < 1.29 is 14.7 Å². The largest absolute Gasteiger partial charge is 0.481 e. The van der Waals surface area contributed by atoms with E-state index >= 15 is 0 Å². The number of carboxylic acid groups (broad SMARTS) is 1. The lowest BCUT2D eigenvalue weighted by Gasteiger charge is -2.14. The van der Waals surface area contributed by atoms with E-state index in [1.54, 1.807) is 13.0 Å². The minimum absolute atomic E-state index is 0.105. The zero-order valence-corrected chi connectivity index (χ0v) is 10.2. The second-order valence-corrected chi connectivity index (χ2v) is 3.14. The Bertz CT molecular complexity index is 229. The van der Waals surface area contributed by atoms with Crippen LogP contribution in [0.1, 0.15) is 33.6 Å². The number of carbonyl (C=O) groups is 2. The van der Waals surface area contributed by atoms with E-state index in [-0.39, 0.29) is 12.3 Å². The summed E-state index contributed by atoms with van der Waals surface area (Å²) < 4.78 is 0. The number of hydrogen-bond acceptors (Lipinski definition) is 3. The molecule has 2 unspecified atom stereocenters. The fraction of sp³-hybridized carbons (Fsp3) is 0.636. The second kappa shape index (κ2) is 10.2. The molecule has 4 N–H and O–H groups in total. The van der Waals surface area contributed by atoms with E-state index in [1.165, 1.54) is 0 Å². The summed E-state index contributed by atoms with van der Waals surface area (Å²) in [5.41, 5.74) is 5.48. The van der Waals surface area contributed by atoms with Gasteiger partial charge >= 0.3 is 5.97 Å². The Morgan fingerprint density at radius 2 is 2.00 bits per heavy atom. The minimum Gasteiger partial charge on any atom is -0.481 e. The molecule has 5 heteroatoms. The molecule has 0 rings (SSSR count). The molecule has 2 atom stereocenters. The third kappa shape index (κ3) is 9.21. The third-order valence-electron chi connectivity index (χ3n) is 1.63. The molecule has 5 nitrogen and oxygen atoms in total. The highest BCUT2D eigenvalue weighted by molar-refractivity contribution is 5.82. The molecule has 16 heavy (non-hydrogen) atoms. The molecule has 0 saturated heterocycles. The van der Waals surface area contributed by atoms with Gasteiger partial charge in [0, 0.05) is 6.04 Å². The molecule has 0 bridgehead atoms. The van der Waals surface area contributed by atoms with Crippen molar-refractivity contribution >= 4 is 11.9 Å². The monoisotopic (exact) mass is 230 g/mol. The van der Waals surface area contributed by atoms with Gasteiger partial charge in [0.25, 0.3) is 0 Å². The number of carbonyl (C=O) groups excluding carboxylic acids is 1. The molecule has 0 spiro atoms. The van der Waals surface area contributed by atoms with Gasteiger partial charge in [-0.2, -0.15) is 0 Å². The van der Waals surface area contributed by atoms with E-state index in [1.807, 2.05) is 13.8 Å². The van der Waals surface area contributed by atoms with E-state index in [9.17, 15) is 9.59 Å². The van der Waals surface area contributed by atoms with Crippen LogP contribution in [0, 0.1) is 0 Å². The van der Waals surface area contributed by atoms with Crippen molar-refractivity contribution in [2.45, 2.75) is 45.7 Å². The smallest absolute Gasteiger partial charge is 0.305 e. The number of hydrogen-bond donors (Lipinski definition) is 3. The summed E-state index contributed by atoms with van der Waals surface area (Å²) in [6.45, 7) is 9.07. The molecule has 0 radical (unpaired) electrons. The summed E-state index contributed by atoms with van der Waals surface area (Å²) in [6.07, 6.45) is 1.82. The van der Waals surface area contributed by atoms with Crippen molar-refractivity contribution in [3.8, 4) is 0 Å². The van der Waals surface area contributed by atoms with Crippen molar-refractivity contribution in [3.63, 3.8) is 0 Å². The Labute approximate surface area is 96.7 Å². The maximum atomic E-state index is 11.2. The third-order valence-corrected chi connectivity index (χ3v) is 1.63. The van der Waals surface area contributed by atoms with Gasteiger partial charge in [-0.25, -0.2) is 0 Å². The summed E-state index contributed by atoms with van der Waals surface area (Å²) >= 11 is 0. The lowest BCUT2D eigenvalue weighted by atomic mass is 10.1. The first-order valence-corrected chi connectivity index (χ1v) is 5.36. The first-order chi connectivity index (χ1) is 7.47. The first kappa shape index (κ1) is 17.0. The molecule has 0 aliphatic carbocycles. The molecule has 0 aliphatic heterocycles. The lowest BCUT2D eigenvalue weighted by molar-refractivity contribution is -0.137. The lowest BCUT2D eigenvalue weighted by Crippen LogP contribution is -2.44. The van der Waals surface area contributed by atoms with Gasteiger partial charge in [0.05, 0.1) is 12.5 Å². The maximum Gasteiger partial charge on any atom is 0.305 e. The molecule has 0 aromatic rings. The van der Waals surface area contributed by atoms with E-state index in [2.05, 4.69) is 11.9 Å². The number of rotatable bonds is 6. The van der Waals surface area contributed by atoms with E-state index in [0.717, 1.165) is 0 Å². The minimum atomic E-state index is -0.949. The normalized spacial score (nSPS) is 12.8. The zero-order valence-electron chi connectivity index (χ0n) is 10.2. The summed E-state index contributed by atoms with van der Waals surface area (Å²) in [5.74, 6) is -1.30. The molecular weight excluding hydrogens is 208 g/mol. The zero-order chi connectivity index (χ0) is 13.1. The van der Waals surface area contributed by atoms with Crippen molar-refractivity contribution in [1.82, 2.24) is 5.32 Å². The standard InChI is InChI=1S/C9H16N2O3.C2H6/c1-3-4-7(10)9(14)11-6(2)5-8(12)13;1-2/h3,6-7H,1,4-5,10H2,2H3,(H,11,14)(H,12,13);1-2H3.